The Morgan fingerprint density at radius 2 is 2.12 bits per heavy atom. The molecule has 0 aromatic carbocycles. The summed E-state index contributed by atoms with van der Waals surface area (Å²) in [5.41, 5.74) is 0. The largest absolute Gasteiger partial charge is 0.317 e. The Labute approximate surface area is 108 Å². The Balaban J connectivity index is 1.92. The Morgan fingerprint density at radius 1 is 1.29 bits per heavy atom. The molecule has 1 N–H and O–H groups in total. The van der Waals surface area contributed by atoms with E-state index in [4.69, 9.17) is 0 Å². The van der Waals surface area contributed by atoms with E-state index < -0.39 is 0 Å². The van der Waals surface area contributed by atoms with Gasteiger partial charge in [-0.1, -0.05) is 13.3 Å². The van der Waals surface area contributed by atoms with Crippen molar-refractivity contribution >= 4 is 0 Å². The molecule has 1 heterocycles. The van der Waals surface area contributed by atoms with E-state index in [1.54, 1.807) is 0 Å². The maximum atomic E-state index is 3.38. The minimum absolute atomic E-state index is 0.909. The Bertz CT molecular complexity index is 184. The highest BCUT2D eigenvalue weighted by Gasteiger charge is 2.20. The van der Waals surface area contributed by atoms with Crippen LogP contribution in [0.4, 0.5) is 0 Å². The van der Waals surface area contributed by atoms with Gasteiger partial charge in [-0.15, -0.1) is 0 Å². The fourth-order valence-corrected chi connectivity index (χ4v) is 2.69. The van der Waals surface area contributed by atoms with Gasteiger partial charge in [-0.05, 0) is 65.5 Å². The summed E-state index contributed by atoms with van der Waals surface area (Å²) < 4.78 is 0. The van der Waals surface area contributed by atoms with Crippen molar-refractivity contribution in [3.63, 3.8) is 0 Å². The third-order valence-electron chi connectivity index (χ3n) is 3.70. The molecule has 0 aromatic heterocycles. The zero-order valence-electron chi connectivity index (χ0n) is 12.0. The van der Waals surface area contributed by atoms with E-state index >= 15 is 0 Å². The third-order valence-corrected chi connectivity index (χ3v) is 3.70. The van der Waals surface area contributed by atoms with Crippen LogP contribution in [0.2, 0.25) is 0 Å². The van der Waals surface area contributed by atoms with Crippen LogP contribution in [0, 0.1) is 5.92 Å². The van der Waals surface area contributed by atoms with E-state index in [0.717, 1.165) is 12.5 Å². The summed E-state index contributed by atoms with van der Waals surface area (Å²) in [7, 11) is 4.52. The van der Waals surface area contributed by atoms with Gasteiger partial charge in [0.2, 0.25) is 0 Å². The zero-order valence-corrected chi connectivity index (χ0v) is 12.0. The van der Waals surface area contributed by atoms with Crippen molar-refractivity contribution in [3.05, 3.63) is 0 Å². The minimum atomic E-state index is 0.909. The van der Waals surface area contributed by atoms with E-state index in [9.17, 15) is 0 Å². The Kier molecular flexibility index (Phi) is 7.82. The molecule has 1 aliphatic heterocycles. The number of nitrogens with one attached hydrogen (secondary N) is 1. The van der Waals surface area contributed by atoms with E-state index in [0.29, 0.717) is 0 Å². The SMILES string of the molecule is CCNCCCCCN(C)CC1CCN(C)C1. The molecule has 1 saturated heterocycles. The van der Waals surface area contributed by atoms with Crippen LogP contribution in [0.5, 0.6) is 0 Å². The van der Waals surface area contributed by atoms with Gasteiger partial charge in [0.1, 0.15) is 0 Å². The quantitative estimate of drug-likeness (QED) is 0.619. The van der Waals surface area contributed by atoms with Crippen molar-refractivity contribution in [2.24, 2.45) is 5.92 Å². The second-order valence-corrected chi connectivity index (χ2v) is 5.59. The lowest BCUT2D eigenvalue weighted by molar-refractivity contribution is 0.268. The highest BCUT2D eigenvalue weighted by molar-refractivity contribution is 4.75. The third kappa shape index (κ3) is 7.02. The molecule has 1 aliphatic rings. The second-order valence-electron chi connectivity index (χ2n) is 5.59. The summed E-state index contributed by atoms with van der Waals surface area (Å²) in [6.07, 6.45) is 5.43. The highest BCUT2D eigenvalue weighted by Crippen LogP contribution is 2.15. The average Bonchev–Trinajstić information content (AvgIpc) is 2.69. The summed E-state index contributed by atoms with van der Waals surface area (Å²) >= 11 is 0. The summed E-state index contributed by atoms with van der Waals surface area (Å²) in [4.78, 5) is 4.98. The molecule has 0 saturated carbocycles. The van der Waals surface area contributed by atoms with Gasteiger partial charge in [0.15, 0.2) is 0 Å². The van der Waals surface area contributed by atoms with Gasteiger partial charge in [0.25, 0.3) is 0 Å². The minimum Gasteiger partial charge on any atom is -0.317 e. The highest BCUT2D eigenvalue weighted by atomic mass is 15.1. The topological polar surface area (TPSA) is 18.5 Å². The van der Waals surface area contributed by atoms with Crippen LogP contribution in [-0.2, 0) is 0 Å². The molecule has 0 aromatic rings. The smallest absolute Gasteiger partial charge is 0.00193 e. The van der Waals surface area contributed by atoms with Crippen molar-refractivity contribution in [2.45, 2.75) is 32.6 Å². The Hall–Kier alpha value is -0.120. The molecule has 1 rings (SSSR count). The lowest BCUT2D eigenvalue weighted by atomic mass is 10.1. The van der Waals surface area contributed by atoms with Gasteiger partial charge in [-0.25, -0.2) is 0 Å². The van der Waals surface area contributed by atoms with Crippen LogP contribution in [0.15, 0.2) is 0 Å². The predicted molar refractivity (Wildman–Crippen MR) is 75.5 cm³/mol. The van der Waals surface area contributed by atoms with Crippen LogP contribution in [-0.4, -0.2) is 63.2 Å². The molecule has 0 aliphatic carbocycles. The molecule has 1 atom stereocenters. The van der Waals surface area contributed by atoms with Gasteiger partial charge >= 0.3 is 0 Å². The van der Waals surface area contributed by atoms with E-state index in [1.807, 2.05) is 0 Å². The zero-order chi connectivity index (χ0) is 12.5. The van der Waals surface area contributed by atoms with Crippen molar-refractivity contribution < 1.29 is 0 Å². The number of rotatable bonds is 9. The second kappa shape index (κ2) is 8.90. The molecule has 102 valence electrons. The van der Waals surface area contributed by atoms with E-state index in [2.05, 4.69) is 36.1 Å². The first-order valence-electron chi connectivity index (χ1n) is 7.30. The molecule has 3 heteroatoms. The molecule has 0 spiro atoms. The lowest BCUT2D eigenvalue weighted by Crippen LogP contribution is -2.28. The van der Waals surface area contributed by atoms with Crippen LogP contribution >= 0.6 is 0 Å². The molecule has 0 amide bonds. The Morgan fingerprint density at radius 3 is 2.76 bits per heavy atom. The first kappa shape index (κ1) is 14.9. The fourth-order valence-electron chi connectivity index (χ4n) is 2.69. The molecular weight excluding hydrogens is 210 g/mol. The van der Waals surface area contributed by atoms with Crippen molar-refractivity contribution in [1.29, 1.82) is 0 Å². The van der Waals surface area contributed by atoms with Crippen molar-refractivity contribution in [3.8, 4) is 0 Å². The standard InChI is InChI=1S/C14H31N3/c1-4-15-9-6-5-7-10-16(2)12-14-8-11-17(3)13-14/h14-15H,4-13H2,1-3H3. The van der Waals surface area contributed by atoms with Gasteiger partial charge in [0.05, 0.1) is 0 Å². The van der Waals surface area contributed by atoms with Crippen molar-refractivity contribution in [1.82, 2.24) is 15.1 Å². The molecule has 0 radical (unpaired) electrons. The van der Waals surface area contributed by atoms with Gasteiger partial charge < -0.3 is 15.1 Å². The molecule has 17 heavy (non-hydrogen) atoms. The van der Waals surface area contributed by atoms with Crippen molar-refractivity contribution in [2.75, 3.05) is 53.4 Å². The number of likely N-dealkylation sites (tertiary alicyclic amines) is 1. The summed E-state index contributed by atoms with van der Waals surface area (Å²) in [5.74, 6) is 0.909. The van der Waals surface area contributed by atoms with Gasteiger partial charge in [0, 0.05) is 13.1 Å². The first-order valence-corrected chi connectivity index (χ1v) is 7.30. The maximum absolute atomic E-state index is 3.38. The molecule has 1 unspecified atom stereocenters. The maximum Gasteiger partial charge on any atom is 0.00193 e. The molecule has 0 bridgehead atoms. The average molecular weight is 241 g/mol. The van der Waals surface area contributed by atoms with Crippen LogP contribution < -0.4 is 5.32 Å². The first-order chi connectivity index (χ1) is 8.22. The number of unbranched alkanes of at least 4 members (excludes halogenated alkanes) is 2. The lowest BCUT2D eigenvalue weighted by Gasteiger charge is -2.20. The molecular formula is C14H31N3. The van der Waals surface area contributed by atoms with Gasteiger partial charge in [-0.2, -0.15) is 0 Å². The van der Waals surface area contributed by atoms with Crippen LogP contribution in [0.25, 0.3) is 0 Å². The van der Waals surface area contributed by atoms with Gasteiger partial charge in [-0.3, -0.25) is 0 Å². The van der Waals surface area contributed by atoms with Crippen LogP contribution in [0.3, 0.4) is 0 Å². The predicted octanol–water partition coefficient (Wildman–Crippen LogP) is 1.65. The number of hydrogen-bond donors (Lipinski definition) is 1. The summed E-state index contributed by atoms with van der Waals surface area (Å²) in [5, 5.41) is 3.38. The summed E-state index contributed by atoms with van der Waals surface area (Å²) in [6, 6.07) is 0. The van der Waals surface area contributed by atoms with Crippen LogP contribution in [0.1, 0.15) is 32.6 Å². The summed E-state index contributed by atoms with van der Waals surface area (Å²) in [6.45, 7) is 9.62. The normalized spacial score (nSPS) is 21.5. The number of hydrogen-bond acceptors (Lipinski definition) is 3. The van der Waals surface area contributed by atoms with E-state index in [1.165, 1.54) is 58.4 Å². The van der Waals surface area contributed by atoms with E-state index in [-0.39, 0.29) is 0 Å². The fraction of sp³-hybridized carbons (Fsp3) is 1.00. The monoisotopic (exact) mass is 241 g/mol. The molecule has 1 fully saturated rings. The number of nitrogens with zero attached hydrogens (tertiary/aromatic N) is 2. The molecule has 3 nitrogen and oxygen atoms in total.